The van der Waals surface area contributed by atoms with Gasteiger partial charge in [0.15, 0.2) is 0 Å². The monoisotopic (exact) mass is 492 g/mol. The molecule has 1 amide bonds. The van der Waals surface area contributed by atoms with Crippen molar-refractivity contribution in [2.75, 3.05) is 13.1 Å². The summed E-state index contributed by atoms with van der Waals surface area (Å²) in [5, 5.41) is 3.12. The number of amides is 1. The van der Waals surface area contributed by atoms with Gasteiger partial charge in [-0.1, -0.05) is 51.8 Å². The van der Waals surface area contributed by atoms with Crippen LogP contribution >= 0.6 is 15.9 Å². The van der Waals surface area contributed by atoms with E-state index in [1.165, 1.54) is 9.87 Å². The van der Waals surface area contributed by atoms with E-state index in [2.05, 4.69) is 39.4 Å². The van der Waals surface area contributed by atoms with Crippen molar-refractivity contribution in [3.05, 3.63) is 69.2 Å². The predicted molar refractivity (Wildman–Crippen MR) is 124 cm³/mol. The standard InChI is InChI=1S/C23H29BrN2O3S/c1-16-7-8-17(2)22(13-16)18(3)25-23(27)20-9-11-26(12-10-20)30(28,29)15-19-5-4-6-21(24)14-19/h4-8,13-14,18,20H,9-12,15H2,1-3H3,(H,25,27)/t18-/m0/s1. The summed E-state index contributed by atoms with van der Waals surface area (Å²) in [6.07, 6.45) is 1.09. The van der Waals surface area contributed by atoms with Crippen LogP contribution in [0, 0.1) is 19.8 Å². The third-order valence-corrected chi connectivity index (χ3v) is 8.06. The Morgan fingerprint density at radius 2 is 1.87 bits per heavy atom. The van der Waals surface area contributed by atoms with E-state index in [9.17, 15) is 13.2 Å². The molecular weight excluding hydrogens is 464 g/mol. The Labute approximate surface area is 188 Å². The third-order valence-electron chi connectivity index (χ3n) is 5.72. The highest BCUT2D eigenvalue weighted by Crippen LogP contribution is 2.25. The van der Waals surface area contributed by atoms with Crippen LogP contribution in [0.25, 0.3) is 0 Å². The molecule has 0 radical (unpaired) electrons. The molecule has 0 aliphatic carbocycles. The maximum Gasteiger partial charge on any atom is 0.223 e. The molecule has 0 bridgehead atoms. The number of benzene rings is 2. The number of sulfonamides is 1. The maximum atomic E-state index is 12.8. The summed E-state index contributed by atoms with van der Waals surface area (Å²) in [7, 11) is -3.40. The lowest BCUT2D eigenvalue weighted by atomic mass is 9.95. The second-order valence-corrected chi connectivity index (χ2v) is 11.0. The topological polar surface area (TPSA) is 66.5 Å². The van der Waals surface area contributed by atoms with Crippen LogP contribution in [-0.4, -0.2) is 31.7 Å². The molecule has 0 aromatic heterocycles. The average molecular weight is 493 g/mol. The Balaban J connectivity index is 1.56. The molecule has 1 N–H and O–H groups in total. The van der Waals surface area contributed by atoms with E-state index in [1.54, 1.807) is 0 Å². The summed E-state index contributed by atoms with van der Waals surface area (Å²) in [4.78, 5) is 12.8. The van der Waals surface area contributed by atoms with E-state index < -0.39 is 10.0 Å². The number of halogens is 1. The van der Waals surface area contributed by atoms with Gasteiger partial charge >= 0.3 is 0 Å². The van der Waals surface area contributed by atoms with Crippen molar-refractivity contribution in [3.63, 3.8) is 0 Å². The Kier molecular flexibility index (Phi) is 7.37. The van der Waals surface area contributed by atoms with Crippen LogP contribution in [0.4, 0.5) is 0 Å². The lowest BCUT2D eigenvalue weighted by Crippen LogP contribution is -2.43. The second-order valence-electron chi connectivity index (χ2n) is 8.15. The molecule has 2 aromatic carbocycles. The van der Waals surface area contributed by atoms with E-state index >= 15 is 0 Å². The lowest BCUT2D eigenvalue weighted by molar-refractivity contribution is -0.126. The minimum atomic E-state index is -3.40. The summed E-state index contributed by atoms with van der Waals surface area (Å²) < 4.78 is 28.0. The molecule has 1 heterocycles. The van der Waals surface area contributed by atoms with Crippen LogP contribution in [-0.2, 0) is 20.6 Å². The minimum absolute atomic E-state index is 0.00689. The van der Waals surface area contributed by atoms with Crippen molar-refractivity contribution >= 4 is 31.9 Å². The zero-order chi connectivity index (χ0) is 21.9. The van der Waals surface area contributed by atoms with Gasteiger partial charge in [0.05, 0.1) is 11.8 Å². The van der Waals surface area contributed by atoms with Crippen molar-refractivity contribution in [2.24, 2.45) is 5.92 Å². The van der Waals surface area contributed by atoms with E-state index in [0.717, 1.165) is 21.2 Å². The quantitative estimate of drug-likeness (QED) is 0.645. The Morgan fingerprint density at radius 3 is 2.53 bits per heavy atom. The van der Waals surface area contributed by atoms with Crippen LogP contribution < -0.4 is 5.32 Å². The largest absolute Gasteiger partial charge is 0.349 e. The Hall–Kier alpha value is -1.70. The molecule has 0 saturated carbocycles. The van der Waals surface area contributed by atoms with Crippen LogP contribution in [0.1, 0.15) is 48.1 Å². The van der Waals surface area contributed by atoms with Crippen LogP contribution in [0.5, 0.6) is 0 Å². The van der Waals surface area contributed by atoms with E-state index in [1.807, 2.05) is 45.0 Å². The van der Waals surface area contributed by atoms with Crippen molar-refractivity contribution < 1.29 is 13.2 Å². The summed E-state index contributed by atoms with van der Waals surface area (Å²) in [6.45, 7) is 6.85. The van der Waals surface area contributed by atoms with Gasteiger partial charge in [-0.2, -0.15) is 0 Å². The number of piperidine rings is 1. The Morgan fingerprint density at radius 1 is 1.17 bits per heavy atom. The van der Waals surface area contributed by atoms with Gasteiger partial charge < -0.3 is 5.32 Å². The van der Waals surface area contributed by atoms with Crippen LogP contribution in [0.3, 0.4) is 0 Å². The Bertz CT molecular complexity index is 1010. The number of carbonyl (C=O) groups is 1. The molecule has 1 saturated heterocycles. The number of carbonyl (C=O) groups excluding carboxylic acids is 1. The van der Waals surface area contributed by atoms with Crippen LogP contribution in [0.15, 0.2) is 46.9 Å². The molecule has 7 heteroatoms. The van der Waals surface area contributed by atoms with Gasteiger partial charge in [0, 0.05) is 23.5 Å². The van der Waals surface area contributed by atoms with E-state index in [0.29, 0.717) is 25.9 Å². The molecule has 1 aliphatic heterocycles. The first-order chi connectivity index (χ1) is 14.2. The van der Waals surface area contributed by atoms with Crippen molar-refractivity contribution in [1.82, 2.24) is 9.62 Å². The molecule has 1 atom stereocenters. The molecule has 1 fully saturated rings. The fourth-order valence-corrected chi connectivity index (χ4v) is 5.96. The van der Waals surface area contributed by atoms with Crippen molar-refractivity contribution in [2.45, 2.75) is 45.4 Å². The average Bonchev–Trinajstić information content (AvgIpc) is 2.69. The van der Waals surface area contributed by atoms with Crippen molar-refractivity contribution in [1.29, 1.82) is 0 Å². The maximum absolute atomic E-state index is 12.8. The van der Waals surface area contributed by atoms with Gasteiger partial charge in [-0.25, -0.2) is 12.7 Å². The van der Waals surface area contributed by atoms with Gasteiger partial charge in [-0.3, -0.25) is 4.79 Å². The normalized spacial score (nSPS) is 16.9. The second kappa shape index (κ2) is 9.62. The first-order valence-electron chi connectivity index (χ1n) is 10.3. The molecule has 1 aliphatic rings. The molecule has 0 spiro atoms. The molecule has 2 aromatic rings. The highest BCUT2D eigenvalue weighted by Gasteiger charge is 2.31. The van der Waals surface area contributed by atoms with Gasteiger partial charge in [0.1, 0.15) is 0 Å². The first-order valence-corrected chi connectivity index (χ1v) is 12.7. The summed E-state index contributed by atoms with van der Waals surface area (Å²) in [5.74, 6) is -0.171. The van der Waals surface area contributed by atoms with Gasteiger partial charge in [0.25, 0.3) is 0 Å². The third kappa shape index (κ3) is 5.71. The van der Waals surface area contributed by atoms with Crippen molar-refractivity contribution in [3.8, 4) is 0 Å². The highest BCUT2D eigenvalue weighted by molar-refractivity contribution is 9.10. The van der Waals surface area contributed by atoms with Gasteiger partial charge in [-0.05, 0) is 62.4 Å². The molecule has 30 heavy (non-hydrogen) atoms. The molecule has 162 valence electrons. The summed E-state index contributed by atoms with van der Waals surface area (Å²) in [5.41, 5.74) is 4.20. The minimum Gasteiger partial charge on any atom is -0.349 e. The fraction of sp³-hybridized carbons (Fsp3) is 0.435. The summed E-state index contributed by atoms with van der Waals surface area (Å²) in [6, 6.07) is 13.5. The number of hydrogen-bond acceptors (Lipinski definition) is 3. The van der Waals surface area contributed by atoms with Crippen LogP contribution in [0.2, 0.25) is 0 Å². The van der Waals surface area contributed by atoms with Gasteiger partial charge in [-0.15, -0.1) is 0 Å². The van der Waals surface area contributed by atoms with E-state index in [4.69, 9.17) is 0 Å². The fourth-order valence-electron chi connectivity index (χ4n) is 3.96. The number of rotatable bonds is 6. The number of nitrogens with one attached hydrogen (secondary N) is 1. The predicted octanol–water partition coefficient (Wildman–Crippen LogP) is 4.49. The van der Waals surface area contributed by atoms with Gasteiger partial charge in [0.2, 0.25) is 15.9 Å². The number of nitrogens with zero attached hydrogens (tertiary/aromatic N) is 1. The summed E-state index contributed by atoms with van der Waals surface area (Å²) >= 11 is 3.38. The lowest BCUT2D eigenvalue weighted by Gasteiger charge is -2.31. The highest BCUT2D eigenvalue weighted by atomic mass is 79.9. The number of aryl methyl sites for hydroxylation is 2. The van der Waals surface area contributed by atoms with E-state index in [-0.39, 0.29) is 23.6 Å². The molecule has 5 nitrogen and oxygen atoms in total. The zero-order valence-electron chi connectivity index (χ0n) is 17.7. The molecule has 3 rings (SSSR count). The smallest absolute Gasteiger partial charge is 0.223 e. The first kappa shape index (κ1) is 23.0. The molecular formula is C23H29BrN2O3S. The molecule has 0 unspecified atom stereocenters. The number of hydrogen-bond donors (Lipinski definition) is 1. The SMILES string of the molecule is Cc1ccc(C)c([C@H](C)NC(=O)C2CCN(S(=O)(=O)Cc3cccc(Br)c3)CC2)c1. The zero-order valence-corrected chi connectivity index (χ0v) is 20.1.